The number of hydrogen-bond acceptors (Lipinski definition) is 0. The van der Waals surface area contributed by atoms with Gasteiger partial charge in [0, 0.05) is 5.88 Å². The van der Waals surface area contributed by atoms with E-state index in [1.807, 2.05) is 6.92 Å². The fourth-order valence-electron chi connectivity index (χ4n) is 0.707. The number of allylic oxidation sites excluding steroid dienone is 5. The first-order valence-electron chi connectivity index (χ1n) is 3.49. The fraction of sp³-hybridized carbons (Fsp3) is 0.333. The molecule has 0 aliphatic heterocycles. The van der Waals surface area contributed by atoms with Crippen LogP contribution in [0.4, 0.5) is 4.39 Å². The van der Waals surface area contributed by atoms with E-state index in [2.05, 4.69) is 6.58 Å². The smallest absolute Gasteiger partial charge is 0.123 e. The molecule has 11 heavy (non-hydrogen) atoms. The summed E-state index contributed by atoms with van der Waals surface area (Å²) in [5, 5.41) is 0. The maximum atomic E-state index is 12.9. The molecule has 0 spiro atoms. The summed E-state index contributed by atoms with van der Waals surface area (Å²) in [6.45, 7) is 5.37. The van der Waals surface area contributed by atoms with Crippen molar-refractivity contribution >= 4 is 11.6 Å². The standard InChI is InChI=1S/C9H12ClF/c1-3-5-8(4-2)9(11)6-7-10/h3,5-6H,1,4,7H2,2H3/b8-5-,9-6+. The fourth-order valence-corrected chi connectivity index (χ4v) is 0.843. The largest absolute Gasteiger partial charge is 0.207 e. The maximum absolute atomic E-state index is 12.9. The minimum atomic E-state index is -0.248. The van der Waals surface area contributed by atoms with Gasteiger partial charge in [-0.1, -0.05) is 25.7 Å². The molecular weight excluding hydrogens is 163 g/mol. The van der Waals surface area contributed by atoms with Crippen LogP contribution in [0.25, 0.3) is 0 Å². The molecule has 0 fully saturated rings. The summed E-state index contributed by atoms with van der Waals surface area (Å²) < 4.78 is 12.9. The molecule has 0 aromatic heterocycles. The zero-order valence-electron chi connectivity index (χ0n) is 6.61. The maximum Gasteiger partial charge on any atom is 0.123 e. The van der Waals surface area contributed by atoms with E-state index in [0.717, 1.165) is 0 Å². The van der Waals surface area contributed by atoms with Crippen LogP contribution in [0.5, 0.6) is 0 Å². The van der Waals surface area contributed by atoms with Crippen molar-refractivity contribution in [3.63, 3.8) is 0 Å². The second-order valence-corrected chi connectivity index (χ2v) is 2.30. The first-order chi connectivity index (χ1) is 5.26. The lowest BCUT2D eigenvalue weighted by Crippen LogP contribution is -1.81. The minimum absolute atomic E-state index is 0.209. The van der Waals surface area contributed by atoms with Gasteiger partial charge in [-0.2, -0.15) is 0 Å². The Kier molecular flexibility index (Phi) is 5.86. The van der Waals surface area contributed by atoms with E-state index < -0.39 is 0 Å². The zero-order chi connectivity index (χ0) is 8.69. The molecule has 0 saturated heterocycles. The second-order valence-electron chi connectivity index (χ2n) is 1.99. The van der Waals surface area contributed by atoms with Gasteiger partial charge in [-0.25, -0.2) is 4.39 Å². The first kappa shape index (κ1) is 10.4. The van der Waals surface area contributed by atoms with Gasteiger partial charge in [0.1, 0.15) is 5.83 Å². The summed E-state index contributed by atoms with van der Waals surface area (Å²) >= 11 is 5.33. The van der Waals surface area contributed by atoms with Crippen LogP contribution >= 0.6 is 11.6 Å². The highest BCUT2D eigenvalue weighted by Gasteiger charge is 1.98. The number of rotatable bonds is 4. The van der Waals surface area contributed by atoms with Crippen LogP contribution < -0.4 is 0 Å². The summed E-state index contributed by atoms with van der Waals surface area (Å²) in [6, 6.07) is 0. The van der Waals surface area contributed by atoms with E-state index in [0.29, 0.717) is 12.0 Å². The van der Waals surface area contributed by atoms with Crippen molar-refractivity contribution in [2.45, 2.75) is 13.3 Å². The Hall–Kier alpha value is -0.560. The summed E-state index contributed by atoms with van der Waals surface area (Å²) in [5.41, 5.74) is 0.639. The van der Waals surface area contributed by atoms with Crippen molar-refractivity contribution in [3.05, 3.63) is 36.2 Å². The Morgan fingerprint density at radius 2 is 2.27 bits per heavy atom. The molecule has 62 valence electrons. The third-order valence-electron chi connectivity index (χ3n) is 1.26. The molecule has 0 aliphatic carbocycles. The Bertz CT molecular complexity index is 180. The zero-order valence-corrected chi connectivity index (χ0v) is 7.37. The molecule has 0 atom stereocenters. The van der Waals surface area contributed by atoms with E-state index in [4.69, 9.17) is 11.6 Å². The Morgan fingerprint density at radius 3 is 2.64 bits per heavy atom. The Balaban J connectivity index is 4.37. The minimum Gasteiger partial charge on any atom is -0.207 e. The molecule has 0 rings (SSSR count). The van der Waals surface area contributed by atoms with Crippen molar-refractivity contribution in [2.24, 2.45) is 0 Å². The number of halogens is 2. The Labute approximate surface area is 72.1 Å². The molecule has 0 aliphatic rings. The average molecular weight is 175 g/mol. The highest BCUT2D eigenvalue weighted by molar-refractivity contribution is 6.18. The number of hydrogen-bond donors (Lipinski definition) is 0. The van der Waals surface area contributed by atoms with Crippen molar-refractivity contribution in [1.82, 2.24) is 0 Å². The molecule has 0 radical (unpaired) electrons. The average Bonchev–Trinajstić information content (AvgIpc) is 2.00. The molecule has 0 amide bonds. The van der Waals surface area contributed by atoms with Crippen molar-refractivity contribution in [2.75, 3.05) is 5.88 Å². The van der Waals surface area contributed by atoms with E-state index in [1.165, 1.54) is 6.08 Å². The Morgan fingerprint density at radius 1 is 1.64 bits per heavy atom. The molecular formula is C9H12ClF. The molecule has 2 heteroatoms. The van der Waals surface area contributed by atoms with Gasteiger partial charge in [0.15, 0.2) is 0 Å². The van der Waals surface area contributed by atoms with Gasteiger partial charge >= 0.3 is 0 Å². The summed E-state index contributed by atoms with van der Waals surface area (Å²) in [5.74, 6) is -0.0391. The molecule has 0 bridgehead atoms. The van der Waals surface area contributed by atoms with Gasteiger partial charge in [0.25, 0.3) is 0 Å². The van der Waals surface area contributed by atoms with Gasteiger partial charge in [0.2, 0.25) is 0 Å². The molecule has 0 nitrogen and oxygen atoms in total. The molecule has 0 heterocycles. The van der Waals surface area contributed by atoms with Crippen LogP contribution in [-0.4, -0.2) is 5.88 Å². The second kappa shape index (κ2) is 6.17. The van der Waals surface area contributed by atoms with Crippen LogP contribution in [0.3, 0.4) is 0 Å². The molecule has 0 unspecified atom stereocenters. The van der Waals surface area contributed by atoms with Crippen LogP contribution in [-0.2, 0) is 0 Å². The van der Waals surface area contributed by atoms with Gasteiger partial charge in [0.05, 0.1) is 0 Å². The van der Waals surface area contributed by atoms with Gasteiger partial charge < -0.3 is 0 Å². The highest BCUT2D eigenvalue weighted by Crippen LogP contribution is 2.15. The predicted octanol–water partition coefficient (Wildman–Crippen LogP) is 3.60. The summed E-state index contributed by atoms with van der Waals surface area (Å²) in [6.07, 6.45) is 5.23. The first-order valence-corrected chi connectivity index (χ1v) is 4.03. The van der Waals surface area contributed by atoms with E-state index in [1.54, 1.807) is 12.2 Å². The van der Waals surface area contributed by atoms with Gasteiger partial charge in [-0.05, 0) is 18.1 Å². The van der Waals surface area contributed by atoms with Crippen LogP contribution in [0, 0.1) is 0 Å². The highest BCUT2D eigenvalue weighted by atomic mass is 35.5. The van der Waals surface area contributed by atoms with Crippen molar-refractivity contribution < 1.29 is 4.39 Å². The lowest BCUT2D eigenvalue weighted by atomic mass is 10.1. The predicted molar refractivity (Wildman–Crippen MR) is 48.5 cm³/mol. The quantitative estimate of drug-likeness (QED) is 0.451. The third kappa shape index (κ3) is 3.99. The lowest BCUT2D eigenvalue weighted by molar-refractivity contribution is 0.641. The molecule has 0 aromatic rings. The van der Waals surface area contributed by atoms with Crippen molar-refractivity contribution in [1.29, 1.82) is 0 Å². The lowest BCUT2D eigenvalue weighted by Gasteiger charge is -1.97. The van der Waals surface area contributed by atoms with E-state index in [-0.39, 0.29) is 11.7 Å². The van der Waals surface area contributed by atoms with Crippen LogP contribution in [0.1, 0.15) is 13.3 Å². The monoisotopic (exact) mass is 174 g/mol. The molecule has 0 N–H and O–H groups in total. The molecule has 0 saturated carbocycles. The van der Waals surface area contributed by atoms with Crippen LogP contribution in [0.2, 0.25) is 0 Å². The SMILES string of the molecule is C=C/C=C(CC)\C(F)=C/CCl. The normalized spacial score (nSPS) is 13.4. The van der Waals surface area contributed by atoms with Gasteiger partial charge in [-0.15, -0.1) is 11.6 Å². The van der Waals surface area contributed by atoms with Crippen LogP contribution in [0.15, 0.2) is 36.2 Å². The van der Waals surface area contributed by atoms with Crippen molar-refractivity contribution in [3.8, 4) is 0 Å². The summed E-state index contributed by atoms with van der Waals surface area (Å²) in [7, 11) is 0. The van der Waals surface area contributed by atoms with E-state index in [9.17, 15) is 4.39 Å². The third-order valence-corrected chi connectivity index (χ3v) is 1.42. The summed E-state index contributed by atoms with van der Waals surface area (Å²) in [4.78, 5) is 0. The topological polar surface area (TPSA) is 0 Å². The number of alkyl halides is 1. The van der Waals surface area contributed by atoms with E-state index >= 15 is 0 Å². The molecule has 0 aromatic carbocycles. The van der Waals surface area contributed by atoms with Gasteiger partial charge in [-0.3, -0.25) is 0 Å².